The monoisotopic (exact) mass is 361 g/mol. The molecule has 0 radical (unpaired) electrons. The lowest BCUT2D eigenvalue weighted by Gasteiger charge is -2.30. The standard InChI is InChI=1S/C18H23N3O5/c1-3-26-13-8-7-12(11-14(13)25-2)15(22)20-21-16(23)18(19-17(21)24)9-5-4-6-10-18/h7-8,11H,3-6,9-10H2,1-2H3,(H,19,24)(H,20,22). The van der Waals surface area contributed by atoms with Crippen LogP contribution in [0.4, 0.5) is 4.79 Å². The summed E-state index contributed by atoms with van der Waals surface area (Å²) in [6, 6.07) is 4.08. The zero-order valence-electron chi connectivity index (χ0n) is 15.0. The molecule has 4 amide bonds. The van der Waals surface area contributed by atoms with Crippen molar-refractivity contribution in [2.24, 2.45) is 0 Å². The summed E-state index contributed by atoms with van der Waals surface area (Å²) in [4.78, 5) is 37.4. The number of nitrogens with zero attached hydrogens (tertiary/aromatic N) is 1. The van der Waals surface area contributed by atoms with Gasteiger partial charge in [0.05, 0.1) is 13.7 Å². The van der Waals surface area contributed by atoms with Gasteiger partial charge in [-0.2, -0.15) is 5.01 Å². The van der Waals surface area contributed by atoms with E-state index >= 15 is 0 Å². The molecule has 1 aliphatic carbocycles. The van der Waals surface area contributed by atoms with Gasteiger partial charge < -0.3 is 14.8 Å². The molecule has 3 rings (SSSR count). The third kappa shape index (κ3) is 3.18. The molecule has 1 saturated heterocycles. The Kier molecular flexibility index (Phi) is 5.01. The number of imide groups is 1. The number of nitrogens with one attached hydrogen (secondary N) is 2. The number of methoxy groups -OCH3 is 1. The molecule has 8 heteroatoms. The van der Waals surface area contributed by atoms with Crippen LogP contribution in [0.2, 0.25) is 0 Å². The van der Waals surface area contributed by atoms with Gasteiger partial charge in [-0.15, -0.1) is 0 Å². The molecule has 8 nitrogen and oxygen atoms in total. The predicted octanol–water partition coefficient (Wildman–Crippen LogP) is 1.99. The summed E-state index contributed by atoms with van der Waals surface area (Å²) >= 11 is 0. The van der Waals surface area contributed by atoms with Gasteiger partial charge in [0.2, 0.25) is 0 Å². The van der Waals surface area contributed by atoms with E-state index < -0.39 is 23.4 Å². The topological polar surface area (TPSA) is 97.0 Å². The Bertz CT molecular complexity index is 728. The van der Waals surface area contributed by atoms with Gasteiger partial charge in [-0.25, -0.2) is 4.79 Å². The van der Waals surface area contributed by atoms with Gasteiger partial charge >= 0.3 is 6.03 Å². The SMILES string of the molecule is CCOc1ccc(C(=O)NN2C(=O)NC3(CCCCC3)C2=O)cc1OC. The molecule has 1 aromatic rings. The van der Waals surface area contributed by atoms with Crippen LogP contribution in [0, 0.1) is 0 Å². The average molecular weight is 361 g/mol. The number of benzene rings is 1. The van der Waals surface area contributed by atoms with Crippen LogP contribution in [0.25, 0.3) is 0 Å². The minimum absolute atomic E-state index is 0.260. The second kappa shape index (κ2) is 7.23. The molecule has 1 saturated carbocycles. The summed E-state index contributed by atoms with van der Waals surface area (Å²) in [6.45, 7) is 2.31. The number of hydrazine groups is 1. The molecule has 0 atom stereocenters. The number of hydrogen-bond acceptors (Lipinski definition) is 5. The van der Waals surface area contributed by atoms with Gasteiger partial charge in [-0.05, 0) is 38.0 Å². The average Bonchev–Trinajstić information content (AvgIpc) is 2.86. The smallest absolute Gasteiger partial charge is 0.344 e. The van der Waals surface area contributed by atoms with Gasteiger partial charge in [0.15, 0.2) is 11.5 Å². The van der Waals surface area contributed by atoms with Crippen LogP contribution in [0.15, 0.2) is 18.2 Å². The molecule has 2 fully saturated rings. The van der Waals surface area contributed by atoms with Crippen molar-refractivity contribution in [1.29, 1.82) is 0 Å². The molecule has 2 N–H and O–H groups in total. The third-order valence-corrected chi connectivity index (χ3v) is 4.81. The van der Waals surface area contributed by atoms with Crippen LogP contribution in [0.5, 0.6) is 11.5 Å². The Balaban J connectivity index is 1.75. The minimum Gasteiger partial charge on any atom is -0.493 e. The quantitative estimate of drug-likeness (QED) is 0.782. The van der Waals surface area contributed by atoms with Crippen molar-refractivity contribution in [1.82, 2.24) is 15.8 Å². The first-order valence-corrected chi connectivity index (χ1v) is 8.79. The van der Waals surface area contributed by atoms with Gasteiger partial charge in [-0.3, -0.25) is 15.0 Å². The molecule has 140 valence electrons. The van der Waals surface area contributed by atoms with Crippen LogP contribution in [-0.2, 0) is 4.79 Å². The largest absolute Gasteiger partial charge is 0.493 e. The van der Waals surface area contributed by atoms with E-state index in [2.05, 4.69) is 10.7 Å². The number of rotatable bonds is 5. The first-order valence-electron chi connectivity index (χ1n) is 8.79. The highest BCUT2D eigenvalue weighted by Crippen LogP contribution is 2.33. The number of hydrogen-bond donors (Lipinski definition) is 2. The van der Waals surface area contributed by atoms with Crippen LogP contribution in [-0.4, -0.2) is 42.1 Å². The molecule has 1 aromatic carbocycles. The van der Waals surface area contributed by atoms with E-state index in [1.165, 1.54) is 13.2 Å². The van der Waals surface area contributed by atoms with Crippen molar-refractivity contribution >= 4 is 17.8 Å². The summed E-state index contributed by atoms with van der Waals surface area (Å²) in [5.41, 5.74) is 1.79. The molecule has 0 aromatic heterocycles. The van der Waals surface area contributed by atoms with E-state index in [9.17, 15) is 14.4 Å². The lowest BCUT2D eigenvalue weighted by Crippen LogP contribution is -2.50. The molecule has 26 heavy (non-hydrogen) atoms. The zero-order chi connectivity index (χ0) is 18.7. The van der Waals surface area contributed by atoms with Crippen LogP contribution >= 0.6 is 0 Å². The molecule has 2 aliphatic rings. The van der Waals surface area contributed by atoms with Crippen LogP contribution < -0.4 is 20.2 Å². The molecule has 0 bridgehead atoms. The van der Waals surface area contributed by atoms with E-state index in [4.69, 9.17) is 9.47 Å². The summed E-state index contributed by atoms with van der Waals surface area (Å²) in [5, 5.41) is 3.54. The normalized spacial score (nSPS) is 18.6. The van der Waals surface area contributed by atoms with Crippen molar-refractivity contribution in [2.75, 3.05) is 13.7 Å². The fraction of sp³-hybridized carbons (Fsp3) is 0.500. The first-order chi connectivity index (χ1) is 12.5. The molecule has 1 heterocycles. The lowest BCUT2D eigenvalue weighted by atomic mass is 9.82. The number of carbonyl (C=O) groups is 3. The second-order valence-corrected chi connectivity index (χ2v) is 6.45. The molecule has 1 aliphatic heterocycles. The Hall–Kier alpha value is -2.77. The Labute approximate surface area is 151 Å². The maximum Gasteiger partial charge on any atom is 0.344 e. The molecule has 1 spiro atoms. The van der Waals surface area contributed by atoms with E-state index in [0.29, 0.717) is 30.9 Å². The predicted molar refractivity (Wildman–Crippen MR) is 92.8 cm³/mol. The fourth-order valence-electron chi connectivity index (χ4n) is 3.47. The highest BCUT2D eigenvalue weighted by molar-refractivity contribution is 6.09. The van der Waals surface area contributed by atoms with Crippen LogP contribution in [0.1, 0.15) is 49.4 Å². The van der Waals surface area contributed by atoms with E-state index in [-0.39, 0.29) is 5.56 Å². The van der Waals surface area contributed by atoms with E-state index in [0.717, 1.165) is 24.3 Å². The summed E-state index contributed by atoms with van der Waals surface area (Å²) < 4.78 is 10.6. The highest BCUT2D eigenvalue weighted by Gasteiger charge is 2.52. The Morgan fingerprint density at radius 2 is 1.96 bits per heavy atom. The maximum atomic E-state index is 12.7. The van der Waals surface area contributed by atoms with Crippen molar-refractivity contribution in [2.45, 2.75) is 44.6 Å². The summed E-state index contributed by atoms with van der Waals surface area (Å²) in [6.07, 6.45) is 4.00. The molecular formula is C18H23N3O5. The van der Waals surface area contributed by atoms with Gasteiger partial charge in [0.1, 0.15) is 5.54 Å². The summed E-state index contributed by atoms with van der Waals surface area (Å²) in [7, 11) is 1.48. The van der Waals surface area contributed by atoms with Gasteiger partial charge in [0.25, 0.3) is 11.8 Å². The first kappa shape index (κ1) is 18.0. The molecular weight excluding hydrogens is 338 g/mol. The van der Waals surface area contributed by atoms with E-state index in [1.54, 1.807) is 12.1 Å². The van der Waals surface area contributed by atoms with Crippen molar-refractivity contribution in [3.05, 3.63) is 23.8 Å². The zero-order valence-corrected chi connectivity index (χ0v) is 15.0. The number of carbonyl (C=O) groups excluding carboxylic acids is 3. The Morgan fingerprint density at radius 3 is 2.62 bits per heavy atom. The van der Waals surface area contributed by atoms with Crippen LogP contribution in [0.3, 0.4) is 0 Å². The maximum absolute atomic E-state index is 12.7. The van der Waals surface area contributed by atoms with Crippen molar-refractivity contribution < 1.29 is 23.9 Å². The minimum atomic E-state index is -0.876. The number of amides is 4. The lowest BCUT2D eigenvalue weighted by molar-refractivity contribution is -0.134. The Morgan fingerprint density at radius 1 is 1.23 bits per heavy atom. The van der Waals surface area contributed by atoms with E-state index in [1.807, 2.05) is 6.92 Å². The summed E-state index contributed by atoms with van der Waals surface area (Å²) in [5.74, 6) is -0.0423. The molecule has 0 unspecified atom stereocenters. The van der Waals surface area contributed by atoms with Gasteiger partial charge in [-0.1, -0.05) is 19.3 Å². The highest BCUT2D eigenvalue weighted by atomic mass is 16.5. The second-order valence-electron chi connectivity index (χ2n) is 6.45. The third-order valence-electron chi connectivity index (χ3n) is 4.81. The van der Waals surface area contributed by atoms with Crippen molar-refractivity contribution in [3.8, 4) is 11.5 Å². The number of urea groups is 1. The fourth-order valence-corrected chi connectivity index (χ4v) is 3.47. The van der Waals surface area contributed by atoms with Crippen molar-refractivity contribution in [3.63, 3.8) is 0 Å². The van der Waals surface area contributed by atoms with Gasteiger partial charge in [0, 0.05) is 5.56 Å². The number of ether oxygens (including phenoxy) is 2.